The van der Waals surface area contributed by atoms with Crippen molar-refractivity contribution in [3.05, 3.63) is 111 Å². The second kappa shape index (κ2) is 9.58. The number of ether oxygens (including phenoxy) is 1. The molecule has 0 atom stereocenters. The van der Waals surface area contributed by atoms with Crippen LogP contribution in [0.25, 0.3) is 10.9 Å². The molecule has 8 heteroatoms. The molecule has 36 heavy (non-hydrogen) atoms. The molecular formula is C28H23N3O5. The first-order valence-electron chi connectivity index (χ1n) is 11.6. The number of aryl methyl sites for hydroxylation is 1. The molecule has 2 amide bonds. The molecule has 0 N–H and O–H groups in total. The molecule has 1 aliphatic rings. The predicted molar refractivity (Wildman–Crippen MR) is 133 cm³/mol. The zero-order chi connectivity index (χ0) is 25.2. The number of imide groups is 1. The largest absolute Gasteiger partial charge is 0.465 e. The monoisotopic (exact) mass is 481 g/mol. The number of nitrogens with zero attached hydrogens (tertiary/aromatic N) is 3. The van der Waals surface area contributed by atoms with Crippen molar-refractivity contribution >= 4 is 28.7 Å². The first-order valence-corrected chi connectivity index (χ1v) is 11.6. The van der Waals surface area contributed by atoms with Gasteiger partial charge in [0.1, 0.15) is 5.82 Å². The van der Waals surface area contributed by atoms with Crippen LogP contribution in [0.5, 0.6) is 0 Å². The van der Waals surface area contributed by atoms with E-state index in [-0.39, 0.29) is 30.3 Å². The van der Waals surface area contributed by atoms with Gasteiger partial charge in [0, 0.05) is 19.5 Å². The van der Waals surface area contributed by atoms with Crippen LogP contribution < -0.4 is 5.56 Å². The molecule has 0 fully saturated rings. The van der Waals surface area contributed by atoms with E-state index in [1.165, 1.54) is 12.0 Å². The number of fused-ring (bicyclic) bond motifs is 2. The van der Waals surface area contributed by atoms with Crippen LogP contribution in [0, 0.1) is 0 Å². The third kappa shape index (κ3) is 4.17. The molecular weight excluding hydrogens is 458 g/mol. The quantitative estimate of drug-likeness (QED) is 0.297. The summed E-state index contributed by atoms with van der Waals surface area (Å²) in [5, 5.41) is 0.491. The molecule has 180 valence electrons. The molecule has 0 unspecified atom stereocenters. The van der Waals surface area contributed by atoms with Gasteiger partial charge in [0.15, 0.2) is 0 Å². The van der Waals surface area contributed by atoms with Crippen LogP contribution in [-0.2, 0) is 24.1 Å². The highest BCUT2D eigenvalue weighted by Crippen LogP contribution is 2.22. The number of aromatic nitrogens is 2. The van der Waals surface area contributed by atoms with Gasteiger partial charge in [0.25, 0.3) is 17.4 Å². The average molecular weight is 482 g/mol. The summed E-state index contributed by atoms with van der Waals surface area (Å²) in [5.41, 5.74) is 2.44. The van der Waals surface area contributed by atoms with Gasteiger partial charge in [-0.25, -0.2) is 9.78 Å². The Morgan fingerprint density at radius 3 is 2.25 bits per heavy atom. The number of esters is 1. The van der Waals surface area contributed by atoms with Gasteiger partial charge in [-0.1, -0.05) is 36.4 Å². The minimum Gasteiger partial charge on any atom is -0.465 e. The lowest BCUT2D eigenvalue weighted by Gasteiger charge is -2.17. The van der Waals surface area contributed by atoms with Crippen molar-refractivity contribution in [3.8, 4) is 0 Å². The summed E-state index contributed by atoms with van der Waals surface area (Å²) < 4.78 is 6.39. The van der Waals surface area contributed by atoms with Gasteiger partial charge in [-0.05, 0) is 48.4 Å². The van der Waals surface area contributed by atoms with Crippen molar-refractivity contribution < 1.29 is 19.1 Å². The van der Waals surface area contributed by atoms with E-state index in [9.17, 15) is 19.2 Å². The summed E-state index contributed by atoms with van der Waals surface area (Å²) in [5.74, 6) is -0.628. The van der Waals surface area contributed by atoms with E-state index in [1.807, 2.05) is 12.1 Å². The fourth-order valence-electron chi connectivity index (χ4n) is 4.50. The van der Waals surface area contributed by atoms with Gasteiger partial charge < -0.3 is 4.74 Å². The zero-order valence-electron chi connectivity index (χ0n) is 19.6. The van der Waals surface area contributed by atoms with Crippen LogP contribution in [0.1, 0.15) is 42.5 Å². The maximum Gasteiger partial charge on any atom is 0.337 e. The maximum absolute atomic E-state index is 13.4. The first kappa shape index (κ1) is 23.2. The molecule has 0 saturated carbocycles. The molecule has 4 aromatic rings. The van der Waals surface area contributed by atoms with Gasteiger partial charge in [0.05, 0.1) is 34.7 Å². The fraction of sp³-hybridized carbons (Fsp3) is 0.179. The molecule has 0 saturated heterocycles. The van der Waals surface area contributed by atoms with Crippen LogP contribution in [0.3, 0.4) is 0 Å². The number of hydrogen-bond acceptors (Lipinski definition) is 6. The number of benzene rings is 3. The Labute approximate surface area is 206 Å². The molecule has 8 nitrogen and oxygen atoms in total. The molecule has 5 rings (SSSR count). The summed E-state index contributed by atoms with van der Waals surface area (Å²) in [6.45, 7) is 0.424. The molecule has 1 aromatic heterocycles. The average Bonchev–Trinajstić information content (AvgIpc) is 3.16. The van der Waals surface area contributed by atoms with Crippen molar-refractivity contribution in [1.29, 1.82) is 0 Å². The summed E-state index contributed by atoms with van der Waals surface area (Å²) in [6.07, 6.45) is 0.707. The second-order valence-corrected chi connectivity index (χ2v) is 8.50. The third-order valence-electron chi connectivity index (χ3n) is 6.35. The first-order chi connectivity index (χ1) is 17.5. The summed E-state index contributed by atoms with van der Waals surface area (Å²) >= 11 is 0. The highest BCUT2D eigenvalue weighted by Gasteiger charge is 2.34. The molecule has 0 bridgehead atoms. The van der Waals surface area contributed by atoms with Gasteiger partial charge in [-0.15, -0.1) is 0 Å². The lowest BCUT2D eigenvalue weighted by Crippen LogP contribution is -2.34. The van der Waals surface area contributed by atoms with Gasteiger partial charge in [-0.2, -0.15) is 0 Å². The van der Waals surface area contributed by atoms with Gasteiger partial charge >= 0.3 is 5.97 Å². The predicted octanol–water partition coefficient (Wildman–Crippen LogP) is 3.26. The normalized spacial score (nSPS) is 12.8. The molecule has 1 aliphatic heterocycles. The van der Waals surface area contributed by atoms with Crippen molar-refractivity contribution in [1.82, 2.24) is 14.5 Å². The lowest BCUT2D eigenvalue weighted by atomic mass is 10.1. The van der Waals surface area contributed by atoms with Crippen LogP contribution in [0.15, 0.2) is 77.6 Å². The van der Waals surface area contributed by atoms with E-state index >= 15 is 0 Å². The number of carbonyl (C=O) groups is 3. The highest BCUT2D eigenvalue weighted by molar-refractivity contribution is 6.21. The Kier molecular flexibility index (Phi) is 6.16. The van der Waals surface area contributed by atoms with Crippen molar-refractivity contribution in [2.24, 2.45) is 0 Å². The molecule has 0 spiro atoms. The number of hydrogen-bond donors (Lipinski definition) is 0. The minimum absolute atomic E-state index is 0.106. The maximum atomic E-state index is 13.4. The summed E-state index contributed by atoms with van der Waals surface area (Å²) in [4.78, 5) is 56.8. The number of carbonyl (C=O) groups excluding carboxylic acids is 3. The summed E-state index contributed by atoms with van der Waals surface area (Å²) in [7, 11) is 1.33. The topological polar surface area (TPSA) is 98.6 Å². The Balaban J connectivity index is 1.44. The molecule has 3 aromatic carbocycles. The smallest absolute Gasteiger partial charge is 0.337 e. The number of para-hydroxylation sites is 1. The molecule has 2 heterocycles. The van der Waals surface area contributed by atoms with E-state index < -0.39 is 5.97 Å². The minimum atomic E-state index is -0.428. The highest BCUT2D eigenvalue weighted by atomic mass is 16.5. The van der Waals surface area contributed by atoms with Crippen molar-refractivity contribution in [3.63, 3.8) is 0 Å². The Hall–Kier alpha value is -4.59. The van der Waals surface area contributed by atoms with Crippen LogP contribution in [0.4, 0.5) is 0 Å². The summed E-state index contributed by atoms with van der Waals surface area (Å²) in [6, 6.07) is 20.9. The van der Waals surface area contributed by atoms with E-state index in [0.29, 0.717) is 46.4 Å². The van der Waals surface area contributed by atoms with E-state index in [2.05, 4.69) is 0 Å². The van der Waals surface area contributed by atoms with E-state index in [4.69, 9.17) is 9.72 Å². The fourth-order valence-corrected chi connectivity index (χ4v) is 4.50. The SMILES string of the molecule is COC(=O)c1cccc(CCn2c(CCN3C(=O)c4ccccc4C3=O)nc3ccccc3c2=O)c1. The van der Waals surface area contributed by atoms with Gasteiger partial charge in [0.2, 0.25) is 0 Å². The number of methoxy groups -OCH3 is 1. The number of rotatable bonds is 7. The Morgan fingerprint density at radius 2 is 1.53 bits per heavy atom. The second-order valence-electron chi connectivity index (χ2n) is 8.50. The Morgan fingerprint density at radius 1 is 0.833 bits per heavy atom. The third-order valence-corrected chi connectivity index (χ3v) is 6.35. The van der Waals surface area contributed by atoms with Gasteiger partial charge in [-0.3, -0.25) is 23.9 Å². The van der Waals surface area contributed by atoms with Crippen LogP contribution in [0.2, 0.25) is 0 Å². The zero-order valence-corrected chi connectivity index (χ0v) is 19.6. The molecule has 0 radical (unpaired) electrons. The molecule has 0 aliphatic carbocycles. The lowest BCUT2D eigenvalue weighted by molar-refractivity contribution is 0.0598. The standard InChI is InChI=1S/C28H23N3O5/c1-36-28(35)19-8-6-7-18(17-19)13-15-30-24(29-23-12-5-4-11-22(23)27(30)34)14-16-31-25(32)20-9-2-3-10-21(20)26(31)33/h2-12,17H,13-16H2,1H3. The van der Waals surface area contributed by atoms with E-state index in [0.717, 1.165) is 5.56 Å². The van der Waals surface area contributed by atoms with Crippen molar-refractivity contribution in [2.75, 3.05) is 13.7 Å². The number of amides is 2. The van der Waals surface area contributed by atoms with E-state index in [1.54, 1.807) is 65.2 Å². The van der Waals surface area contributed by atoms with Crippen molar-refractivity contribution in [2.45, 2.75) is 19.4 Å². The van der Waals surface area contributed by atoms with Crippen LogP contribution in [-0.4, -0.2) is 45.9 Å². The Bertz CT molecular complexity index is 1540. The van der Waals surface area contributed by atoms with Crippen LogP contribution >= 0.6 is 0 Å².